The van der Waals surface area contributed by atoms with Gasteiger partial charge in [0.2, 0.25) is 5.91 Å². The second kappa shape index (κ2) is 49.4. The summed E-state index contributed by atoms with van der Waals surface area (Å²) in [5.41, 5.74) is -1.45. The predicted octanol–water partition coefficient (Wildman–Crippen LogP) is 2.99. The molecule has 40 heteroatoms. The van der Waals surface area contributed by atoms with Crippen molar-refractivity contribution in [2.24, 2.45) is 29.1 Å². The van der Waals surface area contributed by atoms with Crippen LogP contribution in [-0.4, -0.2) is 283 Å². The third-order valence-electron chi connectivity index (χ3n) is 17.2. The van der Waals surface area contributed by atoms with Crippen LogP contribution in [0.2, 0.25) is 0 Å². The summed E-state index contributed by atoms with van der Waals surface area (Å²) in [6, 6.07) is -1.09. The van der Waals surface area contributed by atoms with Gasteiger partial charge in [0.25, 0.3) is 0 Å². The summed E-state index contributed by atoms with van der Waals surface area (Å²) in [5.74, 6) is -1.70. The summed E-state index contributed by atoms with van der Waals surface area (Å²) in [4.78, 5) is 53.9. The Morgan fingerprint density at radius 2 is 0.762 bits per heavy atom. The number of hydrogen-bond acceptors (Lipinski definition) is 31. The van der Waals surface area contributed by atoms with E-state index in [1.807, 2.05) is 6.92 Å². The molecule has 0 spiro atoms. The maximum absolute atomic E-state index is 13.5. The quantitative estimate of drug-likeness (QED) is 0.0307. The van der Waals surface area contributed by atoms with Crippen LogP contribution < -0.4 is 5.32 Å². The van der Waals surface area contributed by atoms with E-state index in [-0.39, 0.29) is 137 Å². The van der Waals surface area contributed by atoms with Crippen molar-refractivity contribution in [2.75, 3.05) is 132 Å². The largest absolute Gasteiger partial charge is 0.472 e. The highest BCUT2D eigenvalue weighted by molar-refractivity contribution is 7.48. The second-order valence-electron chi connectivity index (χ2n) is 26.2. The van der Waals surface area contributed by atoms with Gasteiger partial charge in [0.1, 0.15) is 48.8 Å². The lowest BCUT2D eigenvalue weighted by molar-refractivity contribution is -0.282. The smallest absolute Gasteiger partial charge is 0.394 e. The normalized spacial score (nSPS) is 31.9. The van der Waals surface area contributed by atoms with Gasteiger partial charge in [-0.25, -0.2) is 18.3 Å². The van der Waals surface area contributed by atoms with Gasteiger partial charge in [-0.2, -0.15) is 0 Å². The number of carbonyl (C=O) groups excluding carboxylic acids is 1. The van der Waals surface area contributed by atoms with Crippen LogP contribution in [0.4, 0.5) is 0 Å². The highest BCUT2D eigenvalue weighted by Gasteiger charge is 2.47. The molecule has 3 saturated heterocycles. The molecule has 1 saturated carbocycles. The predicted molar refractivity (Wildman–Crippen MR) is 355 cm³/mol. The zero-order valence-electron chi connectivity index (χ0n) is 59.6. The van der Waals surface area contributed by atoms with E-state index in [0.717, 1.165) is 0 Å². The first kappa shape index (κ1) is 90.8. The number of unbranched alkanes of at least 4 members (excludes halogenated alkanes) is 9. The van der Waals surface area contributed by atoms with E-state index in [0.29, 0.717) is 89.9 Å². The standard InChI is InChI=1S/C61H119NO35P4/c1-43-20-21-47(34-43)38-93-101(79,80)94-42-61(39-81-22-17-31-90-98(73,74)87-28-14-8-5-11-25-84-58-44(2)52(67)54(69)48(35-63)95-58,40-82-23-18-32-91-99(75,76)88-29-15-9-6-12-26-85-59-45(3)53(68)55(70)49(36-64)96-59)41-83-24-19-33-92-100(77,78)89-30-16-10-7-13-27-86-60-51(62-46(4)66)57(72)56(71)50(37-65)97-60/h43-45,47-60,63-65,67-72H,5-42H2,1-4H3,(H,62,66)(H,73,74)(H,75,76)(H,77,78)(H,79,80)/t43-,44-,45-,47+,48?,49?,50?,51-,52?,53?,54-,55-,56-,57?,58+,59+,60+,61?/m0/s1/i21T/t21?,43-,44-,45-,47+,48?,49?,50?,51-,52?,53?,54-,55-,56-,57?,58+,59+,60+,61?. The molecule has 0 bridgehead atoms. The number of phosphoric acid groups is 4. The van der Waals surface area contributed by atoms with Gasteiger partial charge in [-0.15, -0.1) is 0 Å². The van der Waals surface area contributed by atoms with Crippen molar-refractivity contribution in [3.63, 3.8) is 0 Å². The summed E-state index contributed by atoms with van der Waals surface area (Å²) in [5, 5.41) is 92.4. The van der Waals surface area contributed by atoms with Gasteiger partial charge in [0, 0.05) is 59.8 Å². The molecule has 4 aliphatic rings. The SMILES string of the molecule is [3H]C1C[C@H](C)C[C@@H]1COP(=O)(O)OCC(COCCCOP(=O)(O)OCCCCCCO[C@@H]1OC(CO)[C@H](O)C(O)[C@@H]1C)(COCCCOP(=O)(O)OCCCCCCO[C@@H]1OC(CO)[C@H](O)C(O)[C@@H]1C)COCCCOP(=O)(O)OCCCCCCO[C@@H]1OC(CO)[C@H](O)C(O)[C@@H]1NC(C)=O. The van der Waals surface area contributed by atoms with E-state index in [9.17, 15) is 88.6 Å². The lowest BCUT2D eigenvalue weighted by atomic mass is 9.92. The third kappa shape index (κ3) is 36.5. The van der Waals surface area contributed by atoms with E-state index in [1.54, 1.807) is 13.8 Å². The summed E-state index contributed by atoms with van der Waals surface area (Å²) < 4.78 is 154. The van der Waals surface area contributed by atoms with Crippen molar-refractivity contribution in [1.29, 1.82) is 0 Å². The molecule has 0 aromatic carbocycles. The number of hydrogen-bond donors (Lipinski definition) is 14. The second-order valence-corrected chi connectivity index (χ2v) is 32.0. The highest BCUT2D eigenvalue weighted by Crippen LogP contribution is 2.48. The number of phosphoric ester groups is 4. The minimum atomic E-state index is -4.83. The van der Waals surface area contributed by atoms with E-state index < -0.39 is 167 Å². The monoisotopic (exact) mass is 1550 g/mol. The molecule has 1 amide bonds. The van der Waals surface area contributed by atoms with Crippen LogP contribution >= 0.6 is 31.3 Å². The van der Waals surface area contributed by atoms with E-state index in [1.165, 1.54) is 6.92 Å². The van der Waals surface area contributed by atoms with Crippen LogP contribution in [0.15, 0.2) is 0 Å². The topological polar surface area (TPSA) is 517 Å². The Balaban J connectivity index is 1.27. The molecule has 0 radical (unpaired) electrons. The van der Waals surface area contributed by atoms with Gasteiger partial charge in [-0.05, 0) is 82.4 Å². The Morgan fingerprint density at radius 3 is 1.11 bits per heavy atom. The van der Waals surface area contributed by atoms with Crippen LogP contribution in [0.5, 0.6) is 0 Å². The fourth-order valence-electron chi connectivity index (χ4n) is 11.2. The molecule has 4 fully saturated rings. The van der Waals surface area contributed by atoms with Gasteiger partial charge in [0.05, 0.1) is 110 Å². The van der Waals surface area contributed by atoms with Gasteiger partial charge in [-0.1, -0.05) is 65.7 Å². The first-order valence-electron chi connectivity index (χ1n) is 35.6. The van der Waals surface area contributed by atoms with Crippen LogP contribution in [0.3, 0.4) is 0 Å². The van der Waals surface area contributed by atoms with Gasteiger partial charge in [-0.3, -0.25) is 41.0 Å². The molecular formula is C61H119NO35P4. The zero-order valence-corrected chi connectivity index (χ0v) is 62.2. The number of aliphatic hydroxyl groups is 9. The van der Waals surface area contributed by atoms with Crippen molar-refractivity contribution >= 4 is 37.2 Å². The number of carbonyl (C=O) groups is 1. The molecule has 3 heterocycles. The number of aliphatic hydroxyl groups excluding tert-OH is 9. The number of nitrogens with one attached hydrogen (secondary N) is 1. The average Bonchev–Trinajstić information content (AvgIpc) is 0.958. The molecule has 11 unspecified atom stereocenters. The maximum Gasteiger partial charge on any atom is 0.472 e. The van der Waals surface area contributed by atoms with Gasteiger partial charge in [0.15, 0.2) is 18.9 Å². The molecule has 101 heavy (non-hydrogen) atoms. The Labute approximate surface area is 593 Å². The molecule has 14 N–H and O–H groups in total. The molecular weight excluding hydrogens is 1430 g/mol. The zero-order chi connectivity index (χ0) is 75.4. The van der Waals surface area contributed by atoms with Crippen LogP contribution in [0.1, 0.15) is 145 Å². The van der Waals surface area contributed by atoms with Crippen LogP contribution in [0, 0.1) is 29.1 Å². The molecule has 22 atom stereocenters. The molecule has 1 aliphatic carbocycles. The first-order valence-corrected chi connectivity index (χ1v) is 41.0. The lowest BCUT2D eigenvalue weighted by Gasteiger charge is -2.42. The average molecular weight is 1550 g/mol. The molecule has 4 rings (SSSR count). The Bertz CT molecular complexity index is 2370. The minimum absolute atomic E-state index is 0.0281. The third-order valence-corrected chi connectivity index (χ3v) is 21.2. The van der Waals surface area contributed by atoms with E-state index in [2.05, 4.69) is 5.32 Å². The molecule has 36 nitrogen and oxygen atoms in total. The van der Waals surface area contributed by atoms with Crippen molar-refractivity contribution in [3.05, 3.63) is 0 Å². The molecule has 0 aromatic heterocycles. The maximum atomic E-state index is 13.5. The van der Waals surface area contributed by atoms with Crippen molar-refractivity contribution in [1.82, 2.24) is 5.32 Å². The van der Waals surface area contributed by atoms with Crippen molar-refractivity contribution in [2.45, 2.75) is 223 Å². The molecule has 0 aromatic rings. The highest BCUT2D eigenvalue weighted by atomic mass is 31.2. The Kier molecular flexibility index (Phi) is 44.4. The summed E-state index contributed by atoms with van der Waals surface area (Å²) in [7, 11) is -18.4. The number of rotatable bonds is 58. The van der Waals surface area contributed by atoms with E-state index in [4.69, 9.17) is 80.2 Å². The molecule has 598 valence electrons. The van der Waals surface area contributed by atoms with Crippen molar-refractivity contribution < 1.29 is 169 Å². The first-order chi connectivity index (χ1) is 48.4. The van der Waals surface area contributed by atoms with Crippen LogP contribution in [-0.2, 0) is 102 Å². The van der Waals surface area contributed by atoms with Crippen molar-refractivity contribution in [3.8, 4) is 0 Å². The Hall–Kier alpha value is -0.810. The van der Waals surface area contributed by atoms with Gasteiger partial charge < -0.3 is 113 Å². The molecule has 3 aliphatic heterocycles. The number of amides is 1. The minimum Gasteiger partial charge on any atom is -0.394 e. The Morgan fingerprint density at radius 1 is 0.436 bits per heavy atom. The fraction of sp³-hybridized carbons (Fsp3) is 0.984. The lowest BCUT2D eigenvalue weighted by Crippen LogP contribution is -2.64. The fourth-order valence-corrected chi connectivity index (χ4v) is 14.5. The van der Waals surface area contributed by atoms with Gasteiger partial charge >= 0.3 is 31.3 Å². The van der Waals surface area contributed by atoms with Crippen LogP contribution in [0.25, 0.3) is 0 Å². The van der Waals surface area contributed by atoms with E-state index >= 15 is 0 Å². The summed E-state index contributed by atoms with van der Waals surface area (Å²) >= 11 is 0. The summed E-state index contributed by atoms with van der Waals surface area (Å²) in [6.07, 6.45) is -6.40. The summed E-state index contributed by atoms with van der Waals surface area (Å²) in [6.45, 7) is 2.18. The number of ether oxygens (including phenoxy) is 9.